The quantitative estimate of drug-likeness (QED) is 0.870. The molecule has 8 heteroatoms. The number of amides is 1. The van der Waals surface area contributed by atoms with Crippen molar-refractivity contribution in [2.45, 2.75) is 11.8 Å². The summed E-state index contributed by atoms with van der Waals surface area (Å²) in [4.78, 5) is 15.1. The summed E-state index contributed by atoms with van der Waals surface area (Å²) < 4.78 is 25.6. The van der Waals surface area contributed by atoms with E-state index in [4.69, 9.17) is 11.6 Å². The SMILES string of the molecule is CNC(=O)C(C)CN(C)S(=O)(=O)c1cnccc1Cl. The molecule has 0 bridgehead atoms. The predicted molar refractivity (Wildman–Crippen MR) is 72.3 cm³/mol. The van der Waals surface area contributed by atoms with E-state index in [2.05, 4.69) is 10.3 Å². The van der Waals surface area contributed by atoms with Crippen LogP contribution in [0.1, 0.15) is 6.92 Å². The Labute approximate surface area is 117 Å². The van der Waals surface area contributed by atoms with Crippen LogP contribution in [0, 0.1) is 5.92 Å². The van der Waals surface area contributed by atoms with Crippen LogP contribution in [0.15, 0.2) is 23.4 Å². The van der Waals surface area contributed by atoms with E-state index in [0.29, 0.717) is 0 Å². The van der Waals surface area contributed by atoms with Gasteiger partial charge in [0.2, 0.25) is 15.9 Å². The monoisotopic (exact) mass is 305 g/mol. The van der Waals surface area contributed by atoms with Gasteiger partial charge in [-0.25, -0.2) is 12.7 Å². The number of nitrogens with zero attached hydrogens (tertiary/aromatic N) is 2. The van der Waals surface area contributed by atoms with Crippen molar-refractivity contribution in [3.05, 3.63) is 23.5 Å². The average molecular weight is 306 g/mol. The molecule has 106 valence electrons. The largest absolute Gasteiger partial charge is 0.359 e. The van der Waals surface area contributed by atoms with Crippen molar-refractivity contribution >= 4 is 27.5 Å². The first-order valence-corrected chi connectivity index (χ1v) is 7.40. The summed E-state index contributed by atoms with van der Waals surface area (Å²) >= 11 is 5.85. The number of nitrogens with one attached hydrogen (secondary N) is 1. The van der Waals surface area contributed by atoms with Gasteiger partial charge in [0.05, 0.1) is 5.02 Å². The third-order valence-electron chi connectivity index (χ3n) is 2.65. The second-order valence-electron chi connectivity index (χ2n) is 4.11. The molecule has 1 atom stereocenters. The Bertz CT molecular complexity index is 562. The van der Waals surface area contributed by atoms with Gasteiger partial charge in [-0.1, -0.05) is 18.5 Å². The fourth-order valence-corrected chi connectivity index (χ4v) is 3.20. The first kappa shape index (κ1) is 15.9. The highest BCUT2D eigenvalue weighted by Crippen LogP contribution is 2.22. The number of pyridine rings is 1. The van der Waals surface area contributed by atoms with E-state index in [1.165, 1.54) is 32.6 Å². The lowest BCUT2D eigenvalue weighted by Gasteiger charge is -2.20. The molecule has 0 fully saturated rings. The van der Waals surface area contributed by atoms with Crippen LogP contribution < -0.4 is 5.32 Å². The Morgan fingerprint density at radius 3 is 2.74 bits per heavy atom. The molecule has 0 radical (unpaired) electrons. The second-order valence-corrected chi connectivity index (χ2v) is 6.53. The minimum atomic E-state index is -3.75. The summed E-state index contributed by atoms with van der Waals surface area (Å²) in [6.07, 6.45) is 2.60. The molecule has 6 nitrogen and oxygen atoms in total. The molecule has 0 spiro atoms. The van der Waals surface area contributed by atoms with Crippen molar-refractivity contribution in [3.63, 3.8) is 0 Å². The fourth-order valence-electron chi connectivity index (χ4n) is 1.53. The topological polar surface area (TPSA) is 79.4 Å². The third kappa shape index (κ3) is 3.65. The average Bonchev–Trinajstić information content (AvgIpc) is 2.37. The standard InChI is InChI=1S/C11H16ClN3O3S/c1-8(11(16)13-2)7-15(3)19(17,18)10-6-14-5-4-9(10)12/h4-6,8H,7H2,1-3H3,(H,13,16). The van der Waals surface area contributed by atoms with Crippen molar-refractivity contribution in [1.82, 2.24) is 14.6 Å². The fraction of sp³-hybridized carbons (Fsp3) is 0.455. The van der Waals surface area contributed by atoms with E-state index in [1.807, 2.05) is 0 Å². The maximum Gasteiger partial charge on any atom is 0.245 e. The summed E-state index contributed by atoms with van der Waals surface area (Å²) in [6.45, 7) is 1.71. The van der Waals surface area contributed by atoms with Gasteiger partial charge in [0, 0.05) is 39.0 Å². The van der Waals surface area contributed by atoms with Gasteiger partial charge in [-0.3, -0.25) is 9.78 Å². The molecule has 1 aromatic heterocycles. The van der Waals surface area contributed by atoms with Gasteiger partial charge in [-0.05, 0) is 6.07 Å². The molecule has 1 unspecified atom stereocenters. The summed E-state index contributed by atoms with van der Waals surface area (Å²) in [5, 5.41) is 2.58. The summed E-state index contributed by atoms with van der Waals surface area (Å²) in [5.74, 6) is -0.681. The molecular weight excluding hydrogens is 290 g/mol. The highest BCUT2D eigenvalue weighted by Gasteiger charge is 2.26. The molecule has 1 amide bonds. The van der Waals surface area contributed by atoms with Crippen molar-refractivity contribution < 1.29 is 13.2 Å². The first-order chi connectivity index (χ1) is 8.80. The van der Waals surface area contributed by atoms with Gasteiger partial charge in [-0.15, -0.1) is 0 Å². The highest BCUT2D eigenvalue weighted by molar-refractivity contribution is 7.89. The van der Waals surface area contributed by atoms with Gasteiger partial charge in [-0.2, -0.15) is 0 Å². The van der Waals surface area contributed by atoms with E-state index in [-0.39, 0.29) is 22.4 Å². The molecular formula is C11H16ClN3O3S. The molecule has 1 heterocycles. The van der Waals surface area contributed by atoms with Crippen LogP contribution in [0.2, 0.25) is 5.02 Å². The Hall–Kier alpha value is -1.18. The Kier molecular flexibility index (Phi) is 5.28. The van der Waals surface area contributed by atoms with Crippen LogP contribution in [-0.4, -0.2) is 44.3 Å². The molecule has 1 N–H and O–H groups in total. The first-order valence-electron chi connectivity index (χ1n) is 5.58. The van der Waals surface area contributed by atoms with E-state index in [0.717, 1.165) is 4.31 Å². The van der Waals surface area contributed by atoms with Crippen LogP contribution in [-0.2, 0) is 14.8 Å². The van der Waals surface area contributed by atoms with Gasteiger partial charge in [0.25, 0.3) is 0 Å². The number of rotatable bonds is 5. The van der Waals surface area contributed by atoms with Crippen LogP contribution in [0.4, 0.5) is 0 Å². The van der Waals surface area contributed by atoms with Gasteiger partial charge >= 0.3 is 0 Å². The van der Waals surface area contributed by atoms with E-state index in [9.17, 15) is 13.2 Å². The number of carbonyl (C=O) groups is 1. The zero-order chi connectivity index (χ0) is 14.6. The lowest BCUT2D eigenvalue weighted by Crippen LogP contribution is -2.37. The predicted octanol–water partition coefficient (Wildman–Crippen LogP) is 0.738. The molecule has 1 aromatic rings. The highest BCUT2D eigenvalue weighted by atomic mass is 35.5. The van der Waals surface area contributed by atoms with Crippen LogP contribution in [0.25, 0.3) is 0 Å². The molecule has 19 heavy (non-hydrogen) atoms. The minimum absolute atomic E-state index is 0.0627. The molecule has 0 aliphatic carbocycles. The molecule has 1 rings (SSSR count). The van der Waals surface area contributed by atoms with E-state index < -0.39 is 15.9 Å². The molecule has 0 aliphatic rings. The zero-order valence-electron chi connectivity index (χ0n) is 10.9. The number of hydrogen-bond acceptors (Lipinski definition) is 4. The molecule has 0 aromatic carbocycles. The minimum Gasteiger partial charge on any atom is -0.359 e. The third-order valence-corrected chi connectivity index (χ3v) is 4.94. The molecule has 0 saturated carbocycles. The Morgan fingerprint density at radius 2 is 2.21 bits per heavy atom. The summed E-state index contributed by atoms with van der Waals surface area (Å²) in [5.41, 5.74) is 0. The summed E-state index contributed by atoms with van der Waals surface area (Å²) in [6, 6.07) is 1.41. The maximum atomic E-state index is 12.3. The Balaban J connectivity index is 2.96. The normalized spacial score (nSPS) is 13.3. The van der Waals surface area contributed by atoms with Crippen LogP contribution >= 0.6 is 11.6 Å². The van der Waals surface area contributed by atoms with Crippen LogP contribution in [0.5, 0.6) is 0 Å². The molecule has 0 aliphatic heterocycles. The lowest BCUT2D eigenvalue weighted by atomic mass is 10.2. The van der Waals surface area contributed by atoms with Gasteiger partial charge < -0.3 is 5.32 Å². The second kappa shape index (κ2) is 6.31. The molecule has 0 saturated heterocycles. The van der Waals surface area contributed by atoms with Crippen molar-refractivity contribution in [1.29, 1.82) is 0 Å². The lowest BCUT2D eigenvalue weighted by molar-refractivity contribution is -0.124. The van der Waals surface area contributed by atoms with Crippen molar-refractivity contribution in [3.8, 4) is 0 Å². The number of sulfonamides is 1. The maximum absolute atomic E-state index is 12.3. The van der Waals surface area contributed by atoms with E-state index >= 15 is 0 Å². The Morgan fingerprint density at radius 1 is 1.58 bits per heavy atom. The number of hydrogen-bond donors (Lipinski definition) is 1. The summed E-state index contributed by atoms with van der Waals surface area (Å²) in [7, 11) is -0.841. The zero-order valence-corrected chi connectivity index (χ0v) is 12.5. The smallest absolute Gasteiger partial charge is 0.245 e. The van der Waals surface area contributed by atoms with Crippen LogP contribution in [0.3, 0.4) is 0 Å². The number of aromatic nitrogens is 1. The van der Waals surface area contributed by atoms with Gasteiger partial charge in [0.15, 0.2) is 0 Å². The van der Waals surface area contributed by atoms with Crippen molar-refractivity contribution in [2.75, 3.05) is 20.6 Å². The number of carbonyl (C=O) groups excluding carboxylic acids is 1. The number of halogens is 1. The van der Waals surface area contributed by atoms with Gasteiger partial charge in [0.1, 0.15) is 4.90 Å². The van der Waals surface area contributed by atoms with E-state index in [1.54, 1.807) is 6.92 Å². The van der Waals surface area contributed by atoms with Crippen molar-refractivity contribution in [2.24, 2.45) is 5.92 Å².